The lowest BCUT2D eigenvalue weighted by molar-refractivity contribution is 0.100. The number of aromatic hydroxyl groups is 1. The molecule has 1 aliphatic heterocycles. The van der Waals surface area contributed by atoms with Gasteiger partial charge in [-0.25, -0.2) is 9.97 Å². The zero-order valence-corrected chi connectivity index (χ0v) is 17.8. The van der Waals surface area contributed by atoms with E-state index in [2.05, 4.69) is 6.08 Å². The summed E-state index contributed by atoms with van der Waals surface area (Å²) in [4.78, 5) is 21.9. The maximum Gasteiger partial charge on any atom is 0.254 e. The van der Waals surface area contributed by atoms with Crippen molar-refractivity contribution in [2.45, 2.75) is 20.3 Å². The number of aryl methyl sites for hydroxylation is 1. The van der Waals surface area contributed by atoms with Gasteiger partial charge < -0.3 is 21.3 Å². The summed E-state index contributed by atoms with van der Waals surface area (Å²) in [5.41, 5.74) is 18.7. The van der Waals surface area contributed by atoms with Crippen LogP contribution in [0.2, 0.25) is 0 Å². The molecule has 5 rings (SSSR count). The molecule has 0 atom stereocenters. The second kappa shape index (κ2) is 7.35. The van der Waals surface area contributed by atoms with Crippen LogP contribution in [0.15, 0.2) is 36.4 Å². The number of carbonyl (C=O) groups is 1. The van der Waals surface area contributed by atoms with Crippen molar-refractivity contribution in [2.24, 2.45) is 5.73 Å². The van der Waals surface area contributed by atoms with Crippen molar-refractivity contribution in [1.82, 2.24) is 14.5 Å². The van der Waals surface area contributed by atoms with Gasteiger partial charge in [-0.3, -0.25) is 9.36 Å². The third-order valence-electron chi connectivity index (χ3n) is 6.00. The number of benzene rings is 2. The van der Waals surface area contributed by atoms with Gasteiger partial charge in [-0.2, -0.15) is 0 Å². The third kappa shape index (κ3) is 2.99. The van der Waals surface area contributed by atoms with Crippen LogP contribution in [-0.4, -0.2) is 38.8 Å². The molecule has 2 aromatic heterocycles. The summed E-state index contributed by atoms with van der Waals surface area (Å²) in [6.07, 6.45) is 2.89. The van der Waals surface area contributed by atoms with Crippen LogP contribution in [0.4, 0.5) is 5.82 Å². The van der Waals surface area contributed by atoms with Gasteiger partial charge in [0.25, 0.3) is 5.91 Å². The number of hydrogen-bond donors (Lipinski definition) is 3. The summed E-state index contributed by atoms with van der Waals surface area (Å²) in [6, 6.07) is 9.29. The molecule has 0 radical (unpaired) electrons. The molecule has 0 spiro atoms. The molecule has 2 aromatic carbocycles. The van der Waals surface area contributed by atoms with Crippen LogP contribution in [0.3, 0.4) is 0 Å². The highest BCUT2D eigenvalue weighted by Crippen LogP contribution is 2.36. The minimum atomic E-state index is -0.682. The molecule has 5 N–H and O–H groups in total. The third-order valence-corrected chi connectivity index (χ3v) is 6.00. The van der Waals surface area contributed by atoms with E-state index in [1.807, 2.05) is 25.1 Å². The zero-order valence-electron chi connectivity index (χ0n) is 17.8. The van der Waals surface area contributed by atoms with E-state index < -0.39 is 5.91 Å². The van der Waals surface area contributed by atoms with Crippen LogP contribution in [0.5, 0.6) is 5.75 Å². The molecule has 3 heterocycles. The quantitative estimate of drug-likeness (QED) is 0.458. The van der Waals surface area contributed by atoms with Gasteiger partial charge in [-0.15, -0.1) is 0 Å². The van der Waals surface area contributed by atoms with Crippen molar-refractivity contribution in [3.63, 3.8) is 0 Å². The van der Waals surface area contributed by atoms with Crippen LogP contribution in [0.1, 0.15) is 33.5 Å². The largest absolute Gasteiger partial charge is 0.508 e. The zero-order chi connectivity index (χ0) is 22.6. The van der Waals surface area contributed by atoms with Gasteiger partial charge >= 0.3 is 0 Å². The Morgan fingerprint density at radius 1 is 1.16 bits per heavy atom. The lowest BCUT2D eigenvalue weighted by Gasteiger charge is -2.15. The average molecular weight is 429 g/mol. The monoisotopic (exact) mass is 429 g/mol. The van der Waals surface area contributed by atoms with E-state index in [1.165, 1.54) is 5.57 Å². The van der Waals surface area contributed by atoms with E-state index in [-0.39, 0.29) is 17.1 Å². The molecule has 1 amide bonds. The standard InChI is InChI=1S/C24H23N5O3/c1-12-3-6-18(30)13(2)21(12)29-22(25)19(23(26)31)20-24(29)28-16-5-4-15(11-17(16)27-20)14-7-9-32-10-8-14/h3-7,11,30H,8-10,25H2,1-2H3,(H2,26,31). The minimum Gasteiger partial charge on any atom is -0.508 e. The van der Waals surface area contributed by atoms with Crippen molar-refractivity contribution >= 4 is 39.5 Å². The summed E-state index contributed by atoms with van der Waals surface area (Å²) in [5.74, 6) is -0.416. The number of primary amides is 1. The Balaban J connectivity index is 1.83. The van der Waals surface area contributed by atoms with Gasteiger partial charge in [-0.05, 0) is 55.2 Å². The lowest BCUT2D eigenvalue weighted by atomic mass is 10.0. The number of nitrogen functional groups attached to an aromatic ring is 1. The number of aromatic nitrogens is 3. The fourth-order valence-corrected chi connectivity index (χ4v) is 4.34. The van der Waals surface area contributed by atoms with Crippen molar-refractivity contribution in [3.8, 4) is 11.4 Å². The van der Waals surface area contributed by atoms with Gasteiger partial charge in [-0.1, -0.05) is 18.2 Å². The molecule has 0 fully saturated rings. The van der Waals surface area contributed by atoms with Crippen LogP contribution < -0.4 is 11.5 Å². The van der Waals surface area contributed by atoms with E-state index in [0.717, 1.165) is 17.5 Å². The Morgan fingerprint density at radius 3 is 2.69 bits per heavy atom. The number of nitrogens with zero attached hydrogens (tertiary/aromatic N) is 3. The van der Waals surface area contributed by atoms with Crippen molar-refractivity contribution in [2.75, 3.05) is 18.9 Å². The maximum atomic E-state index is 12.4. The summed E-state index contributed by atoms with van der Waals surface area (Å²) < 4.78 is 7.06. The summed E-state index contributed by atoms with van der Waals surface area (Å²) in [5, 5.41) is 10.3. The smallest absolute Gasteiger partial charge is 0.254 e. The predicted molar refractivity (Wildman–Crippen MR) is 124 cm³/mol. The lowest BCUT2D eigenvalue weighted by Crippen LogP contribution is -2.14. The van der Waals surface area contributed by atoms with E-state index in [0.29, 0.717) is 46.7 Å². The number of hydrogen-bond acceptors (Lipinski definition) is 6. The molecule has 0 bridgehead atoms. The molecule has 8 heteroatoms. The highest BCUT2D eigenvalue weighted by atomic mass is 16.5. The molecule has 162 valence electrons. The fourth-order valence-electron chi connectivity index (χ4n) is 4.34. The van der Waals surface area contributed by atoms with E-state index in [4.69, 9.17) is 26.2 Å². The fraction of sp³-hybridized carbons (Fsp3) is 0.208. The number of fused-ring (bicyclic) bond motifs is 2. The number of amides is 1. The Labute approximate surface area is 184 Å². The van der Waals surface area contributed by atoms with Gasteiger partial charge in [0, 0.05) is 5.56 Å². The molecule has 0 aliphatic carbocycles. The van der Waals surface area contributed by atoms with Gasteiger partial charge in [0.1, 0.15) is 22.6 Å². The second-order valence-electron chi connectivity index (χ2n) is 7.99. The number of phenolic OH excluding ortho intramolecular Hbond substituents is 1. The van der Waals surface area contributed by atoms with Crippen molar-refractivity contribution < 1.29 is 14.6 Å². The van der Waals surface area contributed by atoms with E-state index in [9.17, 15) is 9.90 Å². The predicted octanol–water partition coefficient (Wildman–Crippen LogP) is 3.38. The number of ether oxygens (including phenoxy) is 1. The Hall–Kier alpha value is -3.91. The Kier molecular flexibility index (Phi) is 4.60. The van der Waals surface area contributed by atoms with Crippen LogP contribution in [-0.2, 0) is 4.74 Å². The number of phenols is 1. The summed E-state index contributed by atoms with van der Waals surface area (Å²) >= 11 is 0. The Morgan fingerprint density at radius 2 is 1.97 bits per heavy atom. The van der Waals surface area contributed by atoms with E-state index in [1.54, 1.807) is 23.6 Å². The molecule has 4 aromatic rings. The average Bonchev–Trinajstić information content (AvgIpc) is 3.06. The molecule has 0 saturated carbocycles. The first-order valence-electron chi connectivity index (χ1n) is 10.3. The molecule has 32 heavy (non-hydrogen) atoms. The number of nitrogens with two attached hydrogens (primary N) is 2. The number of anilines is 1. The summed E-state index contributed by atoms with van der Waals surface area (Å²) in [7, 11) is 0. The first-order valence-corrected chi connectivity index (χ1v) is 10.3. The molecular weight excluding hydrogens is 406 g/mol. The second-order valence-corrected chi connectivity index (χ2v) is 7.99. The number of carbonyl (C=O) groups excluding carboxylic acids is 1. The molecular formula is C24H23N5O3. The minimum absolute atomic E-state index is 0.118. The first-order chi connectivity index (χ1) is 15.4. The van der Waals surface area contributed by atoms with Crippen LogP contribution >= 0.6 is 0 Å². The molecule has 8 nitrogen and oxygen atoms in total. The van der Waals surface area contributed by atoms with Gasteiger partial charge in [0.2, 0.25) is 0 Å². The highest BCUT2D eigenvalue weighted by molar-refractivity contribution is 6.10. The Bertz CT molecular complexity index is 1450. The SMILES string of the molecule is Cc1ccc(O)c(C)c1-n1c(N)c(C(N)=O)c2nc3cc(C4=CCOCC4)ccc3nc21. The maximum absolute atomic E-state index is 12.4. The highest BCUT2D eigenvalue weighted by Gasteiger charge is 2.25. The van der Waals surface area contributed by atoms with Crippen molar-refractivity contribution in [1.29, 1.82) is 0 Å². The summed E-state index contributed by atoms with van der Waals surface area (Å²) in [6.45, 7) is 4.96. The molecule has 0 unspecified atom stereocenters. The van der Waals surface area contributed by atoms with Crippen LogP contribution in [0.25, 0.3) is 33.5 Å². The van der Waals surface area contributed by atoms with Crippen LogP contribution in [0, 0.1) is 13.8 Å². The van der Waals surface area contributed by atoms with Crippen molar-refractivity contribution in [3.05, 3.63) is 58.7 Å². The number of rotatable bonds is 3. The van der Waals surface area contributed by atoms with E-state index >= 15 is 0 Å². The topological polar surface area (TPSA) is 129 Å². The van der Waals surface area contributed by atoms with Gasteiger partial charge in [0.15, 0.2) is 5.65 Å². The molecule has 1 aliphatic rings. The normalized spacial score (nSPS) is 14.1. The molecule has 0 saturated heterocycles. The van der Waals surface area contributed by atoms with Gasteiger partial charge in [0.05, 0.1) is 29.9 Å². The first kappa shape index (κ1) is 20.0.